The van der Waals surface area contributed by atoms with E-state index in [4.69, 9.17) is 0 Å². The Morgan fingerprint density at radius 2 is 2.00 bits per heavy atom. The van der Waals surface area contributed by atoms with Crippen LogP contribution in [0.15, 0.2) is 24.3 Å². The Kier molecular flexibility index (Phi) is 3.00. The van der Waals surface area contributed by atoms with Crippen molar-refractivity contribution < 1.29 is 8.42 Å². The van der Waals surface area contributed by atoms with Gasteiger partial charge in [0.2, 0.25) is 0 Å². The van der Waals surface area contributed by atoms with E-state index in [-0.39, 0.29) is 5.75 Å². The van der Waals surface area contributed by atoms with Crippen molar-refractivity contribution in [2.24, 2.45) is 0 Å². The zero-order chi connectivity index (χ0) is 12.6. The molecule has 2 rings (SSSR count). The van der Waals surface area contributed by atoms with Crippen LogP contribution in [0.2, 0.25) is 0 Å². The summed E-state index contributed by atoms with van der Waals surface area (Å²) in [6, 6.07) is 8.09. The molecule has 1 heterocycles. The minimum Gasteiger partial charge on any atom is -0.344 e. The van der Waals surface area contributed by atoms with Crippen LogP contribution in [-0.2, 0) is 22.1 Å². The average molecular weight is 251 g/mol. The summed E-state index contributed by atoms with van der Waals surface area (Å²) in [6.07, 6.45) is 1.28. The zero-order valence-corrected chi connectivity index (χ0v) is 11.2. The Balaban J connectivity index is 2.68. The lowest BCUT2D eigenvalue weighted by atomic mass is 10.1. The van der Waals surface area contributed by atoms with Crippen LogP contribution in [0.3, 0.4) is 0 Å². The molecule has 1 aromatic heterocycles. The molecule has 92 valence electrons. The standard InChI is InChI=1S/C13H17NO2S/c1-4-14-11(9-17(3,15)16)8-12-10(2)6-5-7-13(12)14/h5-8H,4,9H2,1-3H3. The molecule has 17 heavy (non-hydrogen) atoms. The first kappa shape index (κ1) is 12.2. The average Bonchev–Trinajstić information content (AvgIpc) is 2.54. The monoisotopic (exact) mass is 251 g/mol. The Bertz CT molecular complexity index is 653. The Morgan fingerprint density at radius 1 is 1.29 bits per heavy atom. The molecule has 0 fully saturated rings. The van der Waals surface area contributed by atoms with Gasteiger partial charge in [0, 0.05) is 29.4 Å². The smallest absolute Gasteiger partial charge is 0.153 e. The predicted octanol–water partition coefficient (Wildman–Crippen LogP) is 2.51. The molecule has 0 radical (unpaired) electrons. The van der Waals surface area contributed by atoms with E-state index < -0.39 is 9.84 Å². The van der Waals surface area contributed by atoms with Gasteiger partial charge >= 0.3 is 0 Å². The molecule has 0 amide bonds. The summed E-state index contributed by atoms with van der Waals surface area (Å²) >= 11 is 0. The number of hydrogen-bond donors (Lipinski definition) is 0. The van der Waals surface area contributed by atoms with Crippen LogP contribution in [0.25, 0.3) is 10.9 Å². The van der Waals surface area contributed by atoms with Crippen molar-refractivity contribution in [2.45, 2.75) is 26.1 Å². The summed E-state index contributed by atoms with van der Waals surface area (Å²) in [5.41, 5.74) is 3.18. The fourth-order valence-corrected chi connectivity index (χ4v) is 3.03. The van der Waals surface area contributed by atoms with Crippen molar-refractivity contribution in [3.63, 3.8) is 0 Å². The van der Waals surface area contributed by atoms with E-state index in [0.717, 1.165) is 23.1 Å². The summed E-state index contributed by atoms with van der Waals surface area (Å²) in [4.78, 5) is 0. The molecule has 0 aliphatic carbocycles. The second kappa shape index (κ2) is 4.18. The van der Waals surface area contributed by atoms with Gasteiger partial charge in [-0.15, -0.1) is 0 Å². The lowest BCUT2D eigenvalue weighted by molar-refractivity contribution is 0.598. The number of nitrogens with zero attached hydrogens (tertiary/aromatic N) is 1. The van der Waals surface area contributed by atoms with Crippen molar-refractivity contribution >= 4 is 20.7 Å². The van der Waals surface area contributed by atoms with Gasteiger partial charge in [-0.05, 0) is 31.5 Å². The second-order valence-electron chi connectivity index (χ2n) is 4.46. The molecule has 0 saturated carbocycles. The first-order chi connectivity index (χ1) is 7.92. The van der Waals surface area contributed by atoms with E-state index in [2.05, 4.69) is 4.57 Å². The summed E-state index contributed by atoms with van der Waals surface area (Å²) in [7, 11) is -2.99. The molecule has 0 saturated heterocycles. The molecule has 0 N–H and O–H groups in total. The minimum absolute atomic E-state index is 0.106. The number of fused-ring (bicyclic) bond motifs is 1. The van der Waals surface area contributed by atoms with Gasteiger partial charge in [-0.25, -0.2) is 8.42 Å². The molecule has 0 aliphatic heterocycles. The molecular formula is C13H17NO2S. The van der Waals surface area contributed by atoms with E-state index in [1.54, 1.807) is 0 Å². The molecule has 1 aromatic carbocycles. The molecule has 0 atom stereocenters. The van der Waals surface area contributed by atoms with Crippen molar-refractivity contribution in [2.75, 3.05) is 6.26 Å². The van der Waals surface area contributed by atoms with Crippen LogP contribution in [-0.4, -0.2) is 19.2 Å². The van der Waals surface area contributed by atoms with Gasteiger partial charge in [0.15, 0.2) is 9.84 Å². The van der Waals surface area contributed by atoms with Gasteiger partial charge in [-0.3, -0.25) is 0 Å². The third-order valence-corrected chi connectivity index (χ3v) is 3.80. The van der Waals surface area contributed by atoms with Gasteiger partial charge in [-0.2, -0.15) is 0 Å². The van der Waals surface area contributed by atoms with Crippen LogP contribution < -0.4 is 0 Å². The predicted molar refractivity (Wildman–Crippen MR) is 70.9 cm³/mol. The first-order valence-electron chi connectivity index (χ1n) is 5.68. The highest BCUT2D eigenvalue weighted by atomic mass is 32.2. The van der Waals surface area contributed by atoms with Crippen molar-refractivity contribution in [3.8, 4) is 0 Å². The van der Waals surface area contributed by atoms with Crippen molar-refractivity contribution in [1.82, 2.24) is 4.57 Å². The number of benzene rings is 1. The third-order valence-electron chi connectivity index (χ3n) is 2.98. The van der Waals surface area contributed by atoms with Gasteiger partial charge in [0.05, 0.1) is 5.75 Å². The van der Waals surface area contributed by atoms with E-state index in [9.17, 15) is 8.42 Å². The quantitative estimate of drug-likeness (QED) is 0.840. The minimum atomic E-state index is -2.99. The molecule has 4 heteroatoms. The van der Waals surface area contributed by atoms with Crippen LogP contribution in [0.4, 0.5) is 0 Å². The van der Waals surface area contributed by atoms with Gasteiger partial charge in [0.1, 0.15) is 0 Å². The highest BCUT2D eigenvalue weighted by Crippen LogP contribution is 2.24. The summed E-state index contributed by atoms with van der Waals surface area (Å²) in [5.74, 6) is 0.106. The van der Waals surface area contributed by atoms with E-state index in [0.29, 0.717) is 0 Å². The van der Waals surface area contributed by atoms with Crippen LogP contribution in [0.1, 0.15) is 18.2 Å². The second-order valence-corrected chi connectivity index (χ2v) is 6.60. The molecule has 0 unspecified atom stereocenters. The SMILES string of the molecule is CCn1c(CS(C)(=O)=O)cc2c(C)cccc21. The number of rotatable bonds is 3. The molecule has 0 spiro atoms. The maximum Gasteiger partial charge on any atom is 0.153 e. The van der Waals surface area contributed by atoms with Gasteiger partial charge in [-0.1, -0.05) is 12.1 Å². The van der Waals surface area contributed by atoms with E-state index in [1.165, 1.54) is 11.8 Å². The van der Waals surface area contributed by atoms with Crippen LogP contribution in [0, 0.1) is 6.92 Å². The summed E-state index contributed by atoms with van der Waals surface area (Å²) in [6.45, 7) is 4.87. The fourth-order valence-electron chi connectivity index (χ4n) is 2.25. The molecule has 0 aliphatic rings. The van der Waals surface area contributed by atoms with Gasteiger partial charge in [0.25, 0.3) is 0 Å². The molecule has 2 aromatic rings. The molecule has 0 bridgehead atoms. The third kappa shape index (κ3) is 2.36. The molecule has 3 nitrogen and oxygen atoms in total. The Labute approximate surface area is 102 Å². The topological polar surface area (TPSA) is 39.1 Å². The number of aryl methyl sites for hydroxylation is 2. The number of aromatic nitrogens is 1. The molecular weight excluding hydrogens is 234 g/mol. The highest BCUT2D eigenvalue weighted by molar-refractivity contribution is 7.89. The summed E-state index contributed by atoms with van der Waals surface area (Å²) < 4.78 is 24.9. The summed E-state index contributed by atoms with van der Waals surface area (Å²) in [5, 5.41) is 1.15. The maximum atomic E-state index is 11.4. The van der Waals surface area contributed by atoms with Gasteiger partial charge < -0.3 is 4.57 Å². The largest absolute Gasteiger partial charge is 0.344 e. The van der Waals surface area contributed by atoms with E-state index >= 15 is 0 Å². The zero-order valence-electron chi connectivity index (χ0n) is 10.4. The van der Waals surface area contributed by atoms with Crippen LogP contribution in [0.5, 0.6) is 0 Å². The Hall–Kier alpha value is -1.29. The van der Waals surface area contributed by atoms with Crippen molar-refractivity contribution in [1.29, 1.82) is 0 Å². The lowest BCUT2D eigenvalue weighted by Crippen LogP contribution is -2.07. The first-order valence-corrected chi connectivity index (χ1v) is 7.74. The van der Waals surface area contributed by atoms with E-state index in [1.807, 2.05) is 38.1 Å². The number of hydrogen-bond acceptors (Lipinski definition) is 2. The van der Waals surface area contributed by atoms with Crippen LogP contribution >= 0.6 is 0 Å². The number of sulfone groups is 1. The fraction of sp³-hybridized carbons (Fsp3) is 0.385. The normalized spacial score (nSPS) is 12.2. The lowest BCUT2D eigenvalue weighted by Gasteiger charge is -2.06. The maximum absolute atomic E-state index is 11.4. The Morgan fingerprint density at radius 3 is 2.59 bits per heavy atom. The highest BCUT2D eigenvalue weighted by Gasteiger charge is 2.13. The van der Waals surface area contributed by atoms with Crippen molar-refractivity contribution in [3.05, 3.63) is 35.5 Å².